The van der Waals surface area contributed by atoms with Gasteiger partial charge in [-0.3, -0.25) is 9.59 Å². The molecule has 8 nitrogen and oxygen atoms in total. The van der Waals surface area contributed by atoms with Gasteiger partial charge in [-0.2, -0.15) is 0 Å². The summed E-state index contributed by atoms with van der Waals surface area (Å²) < 4.78 is 4.80. The van der Waals surface area contributed by atoms with Gasteiger partial charge in [0.25, 0.3) is 11.7 Å². The summed E-state index contributed by atoms with van der Waals surface area (Å²) in [5.41, 5.74) is 3.26. The fourth-order valence-electron chi connectivity index (χ4n) is 4.06. The molecule has 8 heteroatoms. The van der Waals surface area contributed by atoms with Crippen LogP contribution in [0.25, 0.3) is 5.76 Å². The van der Waals surface area contributed by atoms with Crippen molar-refractivity contribution in [3.63, 3.8) is 0 Å². The number of ether oxygens (including phenoxy) is 1. The summed E-state index contributed by atoms with van der Waals surface area (Å²) in [6, 6.07) is 6.80. The summed E-state index contributed by atoms with van der Waals surface area (Å²) >= 11 is 0. The van der Waals surface area contributed by atoms with Crippen molar-refractivity contribution in [1.82, 2.24) is 14.8 Å². The van der Waals surface area contributed by atoms with Crippen molar-refractivity contribution in [2.75, 3.05) is 34.3 Å². The minimum atomic E-state index is -0.744. The Morgan fingerprint density at radius 2 is 1.78 bits per heavy atom. The van der Waals surface area contributed by atoms with Crippen molar-refractivity contribution in [3.8, 4) is 0 Å². The second-order valence-electron chi connectivity index (χ2n) is 8.32. The molecule has 170 valence electrons. The number of likely N-dealkylation sites (tertiary alicyclic amines) is 1. The summed E-state index contributed by atoms with van der Waals surface area (Å²) in [4.78, 5) is 44.5. The molecule has 1 fully saturated rings. The van der Waals surface area contributed by atoms with E-state index in [0.717, 1.165) is 11.1 Å². The molecule has 1 aliphatic heterocycles. The Morgan fingerprint density at radius 1 is 1.16 bits per heavy atom. The van der Waals surface area contributed by atoms with E-state index in [2.05, 4.69) is 4.98 Å². The molecule has 1 atom stereocenters. The quantitative estimate of drug-likeness (QED) is 0.311. The van der Waals surface area contributed by atoms with Crippen LogP contribution >= 0.6 is 0 Å². The number of hydrogen-bond acceptors (Lipinski definition) is 6. The Labute approximate surface area is 187 Å². The van der Waals surface area contributed by atoms with Gasteiger partial charge in [-0.05, 0) is 46.0 Å². The molecule has 1 aromatic heterocycles. The lowest BCUT2D eigenvalue weighted by Gasteiger charge is -2.26. The lowest BCUT2D eigenvalue weighted by molar-refractivity contribution is -0.140. The van der Waals surface area contributed by atoms with E-state index < -0.39 is 23.7 Å². The first-order chi connectivity index (χ1) is 15.1. The highest BCUT2D eigenvalue weighted by atomic mass is 16.5. The van der Waals surface area contributed by atoms with Gasteiger partial charge >= 0.3 is 5.97 Å². The molecular formula is C24H29N3O5. The Bertz CT molecular complexity index is 1100. The number of likely N-dealkylation sites (N-methyl/N-ethyl adjacent to an activating group) is 1. The average Bonchev–Trinajstić information content (AvgIpc) is 3.18. The lowest BCUT2D eigenvalue weighted by atomic mass is 9.93. The molecule has 2 N–H and O–H groups in total. The van der Waals surface area contributed by atoms with Crippen LogP contribution in [0.15, 0.2) is 29.8 Å². The van der Waals surface area contributed by atoms with Crippen LogP contribution in [-0.4, -0.2) is 71.8 Å². The number of aromatic amines is 1. The number of ketones is 1. The molecule has 0 aliphatic carbocycles. The number of nitrogens with one attached hydrogen (secondary N) is 1. The van der Waals surface area contributed by atoms with E-state index in [1.54, 1.807) is 13.8 Å². The fraction of sp³-hybridized carbons (Fsp3) is 0.375. The van der Waals surface area contributed by atoms with Gasteiger partial charge < -0.3 is 24.6 Å². The highest BCUT2D eigenvalue weighted by Gasteiger charge is 2.46. The predicted molar refractivity (Wildman–Crippen MR) is 120 cm³/mol. The number of esters is 1. The van der Waals surface area contributed by atoms with Crippen LogP contribution in [0.4, 0.5) is 0 Å². The number of H-pyrrole nitrogens is 1. The van der Waals surface area contributed by atoms with Crippen LogP contribution in [0.3, 0.4) is 0 Å². The number of carbonyl (C=O) groups excluding carboxylic acids is 3. The number of aliphatic hydroxyl groups is 1. The van der Waals surface area contributed by atoms with Gasteiger partial charge in [0.2, 0.25) is 0 Å². The lowest BCUT2D eigenvalue weighted by Crippen LogP contribution is -2.35. The molecule has 2 heterocycles. The van der Waals surface area contributed by atoms with E-state index in [1.165, 1.54) is 12.0 Å². The van der Waals surface area contributed by atoms with Crippen LogP contribution in [0.1, 0.15) is 44.5 Å². The number of aryl methyl sites for hydroxylation is 2. The first kappa shape index (κ1) is 23.3. The zero-order chi connectivity index (χ0) is 23.7. The molecule has 0 unspecified atom stereocenters. The maximum Gasteiger partial charge on any atom is 0.354 e. The zero-order valence-corrected chi connectivity index (χ0v) is 19.3. The van der Waals surface area contributed by atoms with E-state index >= 15 is 0 Å². The van der Waals surface area contributed by atoms with E-state index in [0.29, 0.717) is 29.9 Å². The van der Waals surface area contributed by atoms with E-state index in [9.17, 15) is 19.5 Å². The van der Waals surface area contributed by atoms with Gasteiger partial charge in [0, 0.05) is 24.3 Å². The number of methoxy groups -OCH3 is 1. The van der Waals surface area contributed by atoms with Crippen LogP contribution < -0.4 is 0 Å². The third-order valence-corrected chi connectivity index (χ3v) is 5.78. The Balaban J connectivity index is 2.21. The zero-order valence-electron chi connectivity index (χ0n) is 19.3. The standard InChI is InChI=1S/C24H29N3O5/c1-13-7-9-16(10-8-13)20-18(22(29)23(30)27(20)12-11-26(4)5)21(28)17-14(2)19(24(31)32-6)25-15(17)3/h7-10,20,25,28H,11-12H2,1-6H3/t20-/m1/s1. The molecule has 0 radical (unpaired) electrons. The monoisotopic (exact) mass is 439 g/mol. The minimum Gasteiger partial charge on any atom is -0.507 e. The molecule has 32 heavy (non-hydrogen) atoms. The summed E-state index contributed by atoms with van der Waals surface area (Å²) in [5, 5.41) is 11.3. The van der Waals surface area contributed by atoms with Crippen LogP contribution in [0, 0.1) is 20.8 Å². The van der Waals surface area contributed by atoms with Gasteiger partial charge in [-0.25, -0.2) is 4.79 Å². The molecule has 1 aromatic carbocycles. The van der Waals surface area contributed by atoms with Crippen molar-refractivity contribution >= 4 is 23.4 Å². The summed E-state index contributed by atoms with van der Waals surface area (Å²) in [5.74, 6) is -2.28. The van der Waals surface area contributed by atoms with Crippen molar-refractivity contribution < 1.29 is 24.2 Å². The Hall–Kier alpha value is -3.39. The van der Waals surface area contributed by atoms with E-state index in [4.69, 9.17) is 4.74 Å². The smallest absolute Gasteiger partial charge is 0.354 e. The molecule has 2 aromatic rings. The molecule has 1 aliphatic rings. The topological polar surface area (TPSA) is 103 Å². The molecule has 0 spiro atoms. The third-order valence-electron chi connectivity index (χ3n) is 5.78. The maximum absolute atomic E-state index is 13.1. The van der Waals surface area contributed by atoms with Crippen molar-refractivity contribution in [2.45, 2.75) is 26.8 Å². The highest BCUT2D eigenvalue weighted by Crippen LogP contribution is 2.40. The number of nitrogens with zero attached hydrogens (tertiary/aromatic N) is 2. The van der Waals surface area contributed by atoms with E-state index in [-0.39, 0.29) is 17.0 Å². The van der Waals surface area contributed by atoms with Crippen LogP contribution in [0.5, 0.6) is 0 Å². The van der Waals surface area contributed by atoms with Gasteiger partial charge in [0.15, 0.2) is 0 Å². The van der Waals surface area contributed by atoms with Crippen LogP contribution in [-0.2, 0) is 14.3 Å². The number of aliphatic hydroxyl groups excluding tert-OH is 1. The molecule has 1 amide bonds. The molecule has 0 bridgehead atoms. The molecule has 3 rings (SSSR count). The fourth-order valence-corrected chi connectivity index (χ4v) is 4.06. The highest BCUT2D eigenvalue weighted by molar-refractivity contribution is 6.46. The number of Topliss-reactive ketones (excluding diaryl/α,β-unsaturated/α-hetero) is 1. The van der Waals surface area contributed by atoms with Crippen molar-refractivity contribution in [2.24, 2.45) is 0 Å². The predicted octanol–water partition coefficient (Wildman–Crippen LogP) is 2.71. The summed E-state index contributed by atoms with van der Waals surface area (Å²) in [7, 11) is 5.04. The summed E-state index contributed by atoms with van der Waals surface area (Å²) in [6.45, 7) is 6.19. The molecular weight excluding hydrogens is 410 g/mol. The minimum absolute atomic E-state index is 0.0132. The van der Waals surface area contributed by atoms with Crippen molar-refractivity contribution in [1.29, 1.82) is 0 Å². The largest absolute Gasteiger partial charge is 0.507 e. The number of carbonyl (C=O) groups is 3. The van der Waals surface area contributed by atoms with E-state index in [1.807, 2.05) is 50.2 Å². The molecule has 0 saturated carbocycles. The maximum atomic E-state index is 13.1. The van der Waals surface area contributed by atoms with Gasteiger partial charge in [-0.1, -0.05) is 29.8 Å². The summed E-state index contributed by atoms with van der Waals surface area (Å²) in [6.07, 6.45) is 0. The normalized spacial score (nSPS) is 18.0. The van der Waals surface area contributed by atoms with Crippen LogP contribution in [0.2, 0.25) is 0 Å². The second kappa shape index (κ2) is 9.00. The second-order valence-corrected chi connectivity index (χ2v) is 8.32. The number of rotatable bonds is 6. The molecule has 1 saturated heterocycles. The van der Waals surface area contributed by atoms with Gasteiger partial charge in [0.05, 0.1) is 18.7 Å². The number of amides is 1. The number of hydrogen-bond donors (Lipinski definition) is 2. The Morgan fingerprint density at radius 3 is 2.34 bits per heavy atom. The first-order valence-corrected chi connectivity index (χ1v) is 10.4. The first-order valence-electron chi connectivity index (χ1n) is 10.4. The van der Waals surface area contributed by atoms with Gasteiger partial charge in [0.1, 0.15) is 11.5 Å². The number of benzene rings is 1. The van der Waals surface area contributed by atoms with Crippen molar-refractivity contribution in [3.05, 3.63) is 63.5 Å². The Kier molecular flexibility index (Phi) is 6.55. The van der Waals surface area contributed by atoms with Gasteiger partial charge in [-0.15, -0.1) is 0 Å². The third kappa shape index (κ3) is 4.05. The number of aromatic nitrogens is 1. The average molecular weight is 440 g/mol. The SMILES string of the molecule is COC(=O)c1[nH]c(C)c(C(O)=C2C(=O)C(=O)N(CCN(C)C)[C@@H]2c2ccc(C)cc2)c1C.